The fourth-order valence-electron chi connectivity index (χ4n) is 5.20. The molecule has 2 fully saturated rings. The maximum Gasteiger partial charge on any atom is 0.199 e. The molecule has 0 saturated heterocycles. The molecule has 0 N–H and O–H groups in total. The second-order valence-electron chi connectivity index (χ2n) is 9.70. The first-order valence-corrected chi connectivity index (χ1v) is 12.7. The van der Waals surface area contributed by atoms with E-state index in [9.17, 15) is 4.39 Å². The minimum Gasteiger partial charge on any atom is -0.378 e. The van der Waals surface area contributed by atoms with E-state index in [1.165, 1.54) is 102 Å². The minimum atomic E-state index is -0.722. The van der Waals surface area contributed by atoms with Crippen molar-refractivity contribution in [2.45, 2.75) is 116 Å². The van der Waals surface area contributed by atoms with E-state index in [1.54, 1.807) is 6.08 Å². The molecular weight excluding hydrogens is 373 g/mol. The van der Waals surface area contributed by atoms with Crippen LogP contribution in [-0.4, -0.2) is 12.7 Å². The van der Waals surface area contributed by atoms with Gasteiger partial charge in [0, 0.05) is 6.61 Å². The zero-order chi connectivity index (χ0) is 21.4. The Bertz CT molecular complexity index is 534. The number of halogens is 1. The summed E-state index contributed by atoms with van der Waals surface area (Å²) in [5.41, 5.74) is 0. The standard InChI is InChI=1S/C27H44FNO/c1-2-3-4-5-7-10-23-13-15-25(16-14-23)22-30-27-19-17-24(18-20-27)11-8-6-9-12-26(28)21-29/h6,9,12,23-25,27H,2-5,7-8,10-11,13-20,22H2,1H3/b9-6+,26-12-/t23-,24-,25-,27-. The van der Waals surface area contributed by atoms with Crippen LogP contribution in [0.4, 0.5) is 4.39 Å². The van der Waals surface area contributed by atoms with E-state index < -0.39 is 5.83 Å². The van der Waals surface area contributed by atoms with Crippen molar-refractivity contribution >= 4 is 0 Å². The van der Waals surface area contributed by atoms with Gasteiger partial charge < -0.3 is 4.74 Å². The van der Waals surface area contributed by atoms with Crippen LogP contribution in [0.1, 0.15) is 110 Å². The number of unbranched alkanes of at least 4 members (excludes halogenated alkanes) is 4. The van der Waals surface area contributed by atoms with Crippen molar-refractivity contribution in [2.75, 3.05) is 6.61 Å². The van der Waals surface area contributed by atoms with Gasteiger partial charge in [-0.05, 0) is 75.2 Å². The monoisotopic (exact) mass is 417 g/mol. The molecule has 0 heterocycles. The number of allylic oxidation sites excluding steroid dienone is 4. The number of nitrogens with zero attached hydrogens (tertiary/aromatic N) is 1. The van der Waals surface area contributed by atoms with E-state index in [-0.39, 0.29) is 0 Å². The fourth-order valence-corrected chi connectivity index (χ4v) is 5.20. The quantitative estimate of drug-likeness (QED) is 0.171. The first-order valence-electron chi connectivity index (χ1n) is 12.7. The minimum absolute atomic E-state index is 0.473. The molecule has 0 aromatic carbocycles. The summed E-state index contributed by atoms with van der Waals surface area (Å²) < 4.78 is 19.0. The van der Waals surface area contributed by atoms with Gasteiger partial charge in [-0.3, -0.25) is 0 Å². The lowest BCUT2D eigenvalue weighted by atomic mass is 9.80. The van der Waals surface area contributed by atoms with Gasteiger partial charge >= 0.3 is 0 Å². The van der Waals surface area contributed by atoms with Crippen LogP contribution in [-0.2, 0) is 4.74 Å². The highest BCUT2D eigenvalue weighted by Crippen LogP contribution is 2.34. The van der Waals surface area contributed by atoms with Crippen molar-refractivity contribution in [1.82, 2.24) is 0 Å². The maximum absolute atomic E-state index is 12.7. The molecule has 2 nitrogen and oxygen atoms in total. The molecule has 2 aliphatic carbocycles. The first kappa shape index (κ1) is 25.1. The number of ether oxygens (including phenoxy) is 1. The first-order chi connectivity index (χ1) is 14.7. The van der Waals surface area contributed by atoms with Gasteiger partial charge in [-0.2, -0.15) is 9.65 Å². The number of hydrogen-bond donors (Lipinski definition) is 0. The average Bonchev–Trinajstić information content (AvgIpc) is 2.78. The molecule has 0 bridgehead atoms. The molecule has 170 valence electrons. The molecule has 0 aliphatic heterocycles. The van der Waals surface area contributed by atoms with Gasteiger partial charge in [0.25, 0.3) is 0 Å². The van der Waals surface area contributed by atoms with E-state index in [0.717, 1.165) is 37.2 Å². The summed E-state index contributed by atoms with van der Waals surface area (Å²) in [6.45, 7) is 3.27. The second-order valence-corrected chi connectivity index (χ2v) is 9.70. The van der Waals surface area contributed by atoms with Gasteiger partial charge in [-0.15, -0.1) is 0 Å². The molecule has 0 aromatic rings. The largest absolute Gasteiger partial charge is 0.378 e. The van der Waals surface area contributed by atoms with Crippen LogP contribution in [0.25, 0.3) is 0 Å². The van der Waals surface area contributed by atoms with Crippen LogP contribution in [0.2, 0.25) is 0 Å². The Morgan fingerprint density at radius 1 is 0.900 bits per heavy atom. The van der Waals surface area contributed by atoms with Crippen LogP contribution < -0.4 is 0 Å². The highest BCUT2D eigenvalue weighted by Gasteiger charge is 2.24. The van der Waals surface area contributed by atoms with Crippen molar-refractivity contribution in [3.8, 4) is 6.07 Å². The molecule has 0 atom stereocenters. The third-order valence-electron chi connectivity index (χ3n) is 7.27. The molecular formula is C27H44FNO. The van der Waals surface area contributed by atoms with Crippen molar-refractivity contribution in [3.63, 3.8) is 0 Å². The third kappa shape index (κ3) is 10.8. The summed E-state index contributed by atoms with van der Waals surface area (Å²) in [4.78, 5) is 0. The molecule has 3 heteroatoms. The molecule has 30 heavy (non-hydrogen) atoms. The lowest BCUT2D eigenvalue weighted by molar-refractivity contribution is -0.0102. The van der Waals surface area contributed by atoms with E-state index in [0.29, 0.717) is 6.10 Å². The molecule has 0 unspecified atom stereocenters. The Kier molecular flexibility index (Phi) is 13.1. The van der Waals surface area contributed by atoms with Gasteiger partial charge in [0.2, 0.25) is 0 Å². The molecule has 0 aromatic heterocycles. The smallest absolute Gasteiger partial charge is 0.199 e. The third-order valence-corrected chi connectivity index (χ3v) is 7.27. The number of rotatable bonds is 13. The predicted octanol–water partition coefficient (Wildman–Crippen LogP) is 8.44. The van der Waals surface area contributed by atoms with Crippen molar-refractivity contribution in [2.24, 2.45) is 17.8 Å². The van der Waals surface area contributed by atoms with Crippen LogP contribution in [0.3, 0.4) is 0 Å². The van der Waals surface area contributed by atoms with Gasteiger partial charge in [-0.25, -0.2) is 0 Å². The molecule has 0 radical (unpaired) electrons. The summed E-state index contributed by atoms with van der Waals surface area (Å²) in [5, 5.41) is 8.37. The fraction of sp³-hybridized carbons (Fsp3) is 0.815. The van der Waals surface area contributed by atoms with Crippen LogP contribution in [0, 0.1) is 29.1 Å². The predicted molar refractivity (Wildman–Crippen MR) is 124 cm³/mol. The Morgan fingerprint density at radius 2 is 1.53 bits per heavy atom. The lowest BCUT2D eigenvalue weighted by Gasteiger charge is -2.32. The van der Waals surface area contributed by atoms with E-state index in [1.807, 2.05) is 6.08 Å². The summed E-state index contributed by atoms with van der Waals surface area (Å²) in [5.74, 6) is 1.83. The van der Waals surface area contributed by atoms with E-state index in [2.05, 4.69) is 6.92 Å². The number of hydrogen-bond acceptors (Lipinski definition) is 2. The average molecular weight is 418 g/mol. The van der Waals surface area contributed by atoms with Gasteiger partial charge in [0.15, 0.2) is 5.83 Å². The SMILES string of the molecule is CCCCCCC[C@H]1CC[C@H](CO[C@H]2CC[C@H](CC/C=C/C=C(\F)C#N)CC2)CC1. The highest BCUT2D eigenvalue weighted by molar-refractivity contribution is 5.18. The maximum atomic E-state index is 12.7. The molecule has 0 amide bonds. The van der Waals surface area contributed by atoms with E-state index >= 15 is 0 Å². The Hall–Kier alpha value is -1.14. The Balaban J connectivity index is 1.48. The highest BCUT2D eigenvalue weighted by atomic mass is 19.1. The summed E-state index contributed by atoms with van der Waals surface area (Å²) in [7, 11) is 0. The van der Waals surface area contributed by atoms with Gasteiger partial charge in [0.1, 0.15) is 6.07 Å². The molecule has 0 spiro atoms. The van der Waals surface area contributed by atoms with Crippen molar-refractivity contribution in [3.05, 3.63) is 24.1 Å². The van der Waals surface area contributed by atoms with E-state index in [4.69, 9.17) is 10.00 Å². The molecule has 2 saturated carbocycles. The number of nitriles is 1. The van der Waals surface area contributed by atoms with Crippen LogP contribution >= 0.6 is 0 Å². The zero-order valence-electron chi connectivity index (χ0n) is 19.3. The van der Waals surface area contributed by atoms with Crippen LogP contribution in [0.15, 0.2) is 24.1 Å². The summed E-state index contributed by atoms with van der Waals surface area (Å²) in [6, 6.07) is 1.49. The Morgan fingerprint density at radius 3 is 2.23 bits per heavy atom. The normalized spacial score (nSPS) is 28.0. The second kappa shape index (κ2) is 15.6. The summed E-state index contributed by atoms with van der Waals surface area (Å²) >= 11 is 0. The van der Waals surface area contributed by atoms with Crippen LogP contribution in [0.5, 0.6) is 0 Å². The summed E-state index contributed by atoms with van der Waals surface area (Å²) in [6.07, 6.45) is 26.5. The topological polar surface area (TPSA) is 33.0 Å². The Labute approximate surface area is 185 Å². The van der Waals surface area contributed by atoms with Crippen molar-refractivity contribution in [1.29, 1.82) is 5.26 Å². The van der Waals surface area contributed by atoms with Crippen molar-refractivity contribution < 1.29 is 9.13 Å². The molecule has 2 rings (SSSR count). The zero-order valence-corrected chi connectivity index (χ0v) is 19.3. The van der Waals surface area contributed by atoms with Gasteiger partial charge in [0.05, 0.1) is 6.10 Å². The molecule has 2 aliphatic rings. The lowest BCUT2D eigenvalue weighted by Crippen LogP contribution is -2.26. The van der Waals surface area contributed by atoms with Gasteiger partial charge in [-0.1, -0.05) is 70.4 Å².